The van der Waals surface area contributed by atoms with Crippen molar-refractivity contribution in [3.63, 3.8) is 0 Å². The van der Waals surface area contributed by atoms with Gasteiger partial charge in [0, 0.05) is 50.4 Å². The summed E-state index contributed by atoms with van der Waals surface area (Å²) in [7, 11) is 0. The van der Waals surface area contributed by atoms with Crippen LogP contribution >= 0.6 is 0 Å². The highest BCUT2D eigenvalue weighted by molar-refractivity contribution is 5.80. The molecule has 0 N–H and O–H groups in total. The second-order valence-electron chi connectivity index (χ2n) is 8.37. The molecule has 28 heavy (non-hydrogen) atoms. The van der Waals surface area contributed by atoms with E-state index in [0.29, 0.717) is 19.5 Å². The minimum Gasteiger partial charge on any atom is -0.342 e. The Balaban J connectivity index is 1.32. The lowest BCUT2D eigenvalue weighted by molar-refractivity contribution is -0.137. The summed E-state index contributed by atoms with van der Waals surface area (Å²) in [4.78, 5) is 29.4. The topological polar surface area (TPSA) is 58.4 Å². The van der Waals surface area contributed by atoms with Gasteiger partial charge >= 0.3 is 0 Å². The number of amides is 2. The molecule has 0 unspecified atom stereocenters. The first-order chi connectivity index (χ1) is 13.5. The molecule has 6 heteroatoms. The Morgan fingerprint density at radius 2 is 1.93 bits per heavy atom. The van der Waals surface area contributed by atoms with E-state index >= 15 is 0 Å². The fourth-order valence-electron chi connectivity index (χ4n) is 4.54. The van der Waals surface area contributed by atoms with Gasteiger partial charge in [-0.2, -0.15) is 5.10 Å². The van der Waals surface area contributed by atoms with Crippen molar-refractivity contribution in [2.24, 2.45) is 11.3 Å². The Morgan fingerprint density at radius 1 is 1.18 bits per heavy atom. The monoisotopic (exact) mass is 380 g/mol. The van der Waals surface area contributed by atoms with Crippen LogP contribution in [0.3, 0.4) is 0 Å². The standard InChI is InChI=1S/C22H28N4O2/c1-18(15-26-11-5-10-23-26)21(28)24-12-8-22(9-13-24)14-20(27)25(17-22)16-19-6-3-2-4-7-19/h2-7,10-11,18H,8-9,12-17H2,1H3/t18-/m0/s1. The van der Waals surface area contributed by atoms with Gasteiger partial charge in [0.25, 0.3) is 0 Å². The number of aromatic nitrogens is 2. The first kappa shape index (κ1) is 18.7. The fraction of sp³-hybridized carbons (Fsp3) is 0.500. The third-order valence-corrected chi connectivity index (χ3v) is 6.20. The number of carbonyl (C=O) groups excluding carboxylic acids is 2. The average molecular weight is 380 g/mol. The summed E-state index contributed by atoms with van der Waals surface area (Å²) in [5.41, 5.74) is 1.21. The zero-order valence-corrected chi connectivity index (χ0v) is 16.5. The number of piperidine rings is 1. The molecule has 1 spiro atoms. The molecule has 3 heterocycles. The maximum Gasteiger partial charge on any atom is 0.227 e. The summed E-state index contributed by atoms with van der Waals surface area (Å²) in [6.45, 7) is 5.56. The predicted octanol–water partition coefficient (Wildman–Crippen LogP) is 2.56. The van der Waals surface area contributed by atoms with Crippen molar-refractivity contribution in [2.75, 3.05) is 19.6 Å². The Morgan fingerprint density at radius 3 is 2.61 bits per heavy atom. The molecule has 2 aliphatic heterocycles. The van der Waals surface area contributed by atoms with Crippen LogP contribution in [-0.2, 0) is 22.7 Å². The van der Waals surface area contributed by atoms with E-state index in [-0.39, 0.29) is 23.1 Å². The number of rotatable bonds is 5. The van der Waals surface area contributed by atoms with E-state index in [9.17, 15) is 9.59 Å². The molecule has 148 valence electrons. The van der Waals surface area contributed by atoms with Gasteiger partial charge < -0.3 is 9.80 Å². The van der Waals surface area contributed by atoms with Gasteiger partial charge in [0.2, 0.25) is 11.8 Å². The van der Waals surface area contributed by atoms with E-state index in [1.54, 1.807) is 6.20 Å². The maximum atomic E-state index is 12.8. The zero-order valence-electron chi connectivity index (χ0n) is 16.5. The van der Waals surface area contributed by atoms with Crippen LogP contribution in [0.2, 0.25) is 0 Å². The van der Waals surface area contributed by atoms with Crippen LogP contribution in [0, 0.1) is 11.3 Å². The molecule has 1 atom stereocenters. The van der Waals surface area contributed by atoms with E-state index in [0.717, 1.165) is 32.5 Å². The molecule has 2 aliphatic rings. The highest BCUT2D eigenvalue weighted by Gasteiger charge is 2.45. The molecule has 2 fully saturated rings. The summed E-state index contributed by atoms with van der Waals surface area (Å²) in [6, 6.07) is 12.0. The minimum atomic E-state index is -0.0891. The molecular weight excluding hydrogens is 352 g/mol. The molecule has 1 aromatic heterocycles. The lowest BCUT2D eigenvalue weighted by Gasteiger charge is -2.39. The van der Waals surface area contributed by atoms with Gasteiger partial charge in [0.15, 0.2) is 0 Å². The molecule has 2 aromatic rings. The van der Waals surface area contributed by atoms with E-state index in [1.807, 2.05) is 51.9 Å². The van der Waals surface area contributed by atoms with Crippen LogP contribution in [0.4, 0.5) is 0 Å². The molecule has 6 nitrogen and oxygen atoms in total. The van der Waals surface area contributed by atoms with Crippen molar-refractivity contribution in [1.82, 2.24) is 19.6 Å². The summed E-state index contributed by atoms with van der Waals surface area (Å²) in [5, 5.41) is 4.20. The minimum absolute atomic E-state index is 0.0356. The van der Waals surface area contributed by atoms with Crippen molar-refractivity contribution >= 4 is 11.8 Å². The lowest BCUT2D eigenvalue weighted by atomic mass is 9.77. The van der Waals surface area contributed by atoms with E-state index in [2.05, 4.69) is 17.2 Å². The second-order valence-corrected chi connectivity index (χ2v) is 8.37. The van der Waals surface area contributed by atoms with Gasteiger partial charge in [-0.25, -0.2) is 0 Å². The summed E-state index contributed by atoms with van der Waals surface area (Å²) < 4.78 is 1.81. The Hall–Kier alpha value is -2.63. The van der Waals surface area contributed by atoms with Crippen molar-refractivity contribution in [2.45, 2.75) is 39.3 Å². The average Bonchev–Trinajstić information content (AvgIpc) is 3.31. The Kier molecular flexibility index (Phi) is 5.20. The SMILES string of the molecule is C[C@@H](Cn1cccn1)C(=O)N1CCC2(CC1)CC(=O)N(Cc1ccccc1)C2. The second kappa shape index (κ2) is 7.78. The predicted molar refractivity (Wildman–Crippen MR) is 106 cm³/mol. The van der Waals surface area contributed by atoms with Gasteiger partial charge in [0.05, 0.1) is 12.5 Å². The van der Waals surface area contributed by atoms with Crippen molar-refractivity contribution < 1.29 is 9.59 Å². The molecule has 0 aliphatic carbocycles. The molecular formula is C22H28N4O2. The molecule has 2 amide bonds. The number of hydrogen-bond donors (Lipinski definition) is 0. The summed E-state index contributed by atoms with van der Waals surface area (Å²) >= 11 is 0. The molecule has 0 bridgehead atoms. The van der Waals surface area contributed by atoms with E-state index in [4.69, 9.17) is 0 Å². The quantitative estimate of drug-likeness (QED) is 0.801. The molecule has 0 radical (unpaired) electrons. The molecule has 1 aromatic carbocycles. The Labute approximate surface area is 166 Å². The van der Waals surface area contributed by atoms with Gasteiger partial charge in [-0.3, -0.25) is 14.3 Å². The largest absolute Gasteiger partial charge is 0.342 e. The van der Waals surface area contributed by atoms with Crippen molar-refractivity contribution in [3.05, 3.63) is 54.4 Å². The van der Waals surface area contributed by atoms with E-state index < -0.39 is 0 Å². The van der Waals surface area contributed by atoms with Crippen LogP contribution in [-0.4, -0.2) is 51.0 Å². The first-order valence-corrected chi connectivity index (χ1v) is 10.1. The first-order valence-electron chi connectivity index (χ1n) is 10.1. The fourth-order valence-corrected chi connectivity index (χ4v) is 4.54. The third-order valence-electron chi connectivity index (χ3n) is 6.20. The van der Waals surface area contributed by atoms with Crippen molar-refractivity contribution in [3.8, 4) is 0 Å². The Bertz CT molecular complexity index is 810. The highest BCUT2D eigenvalue weighted by atomic mass is 16.2. The van der Waals surface area contributed by atoms with Gasteiger partial charge in [-0.1, -0.05) is 37.3 Å². The lowest BCUT2D eigenvalue weighted by Crippen LogP contribution is -2.46. The smallest absolute Gasteiger partial charge is 0.227 e. The van der Waals surface area contributed by atoms with Crippen molar-refractivity contribution in [1.29, 1.82) is 0 Å². The highest BCUT2D eigenvalue weighted by Crippen LogP contribution is 2.41. The molecule has 2 saturated heterocycles. The van der Waals surface area contributed by atoms with Crippen LogP contribution in [0.1, 0.15) is 31.7 Å². The van der Waals surface area contributed by atoms with Crippen LogP contribution in [0.25, 0.3) is 0 Å². The van der Waals surface area contributed by atoms with Gasteiger partial charge in [-0.05, 0) is 24.5 Å². The normalized spacial score (nSPS) is 20.0. The van der Waals surface area contributed by atoms with Crippen LogP contribution in [0.5, 0.6) is 0 Å². The maximum absolute atomic E-state index is 12.8. The molecule has 4 rings (SSSR count). The van der Waals surface area contributed by atoms with E-state index in [1.165, 1.54) is 5.56 Å². The zero-order chi connectivity index (χ0) is 19.6. The third kappa shape index (κ3) is 3.96. The number of benzene rings is 1. The molecule has 0 saturated carbocycles. The number of hydrogen-bond acceptors (Lipinski definition) is 3. The van der Waals surface area contributed by atoms with Crippen LogP contribution < -0.4 is 0 Å². The van der Waals surface area contributed by atoms with Crippen LogP contribution in [0.15, 0.2) is 48.8 Å². The number of likely N-dealkylation sites (tertiary alicyclic amines) is 2. The van der Waals surface area contributed by atoms with Gasteiger partial charge in [0.1, 0.15) is 0 Å². The number of carbonyl (C=O) groups is 2. The summed E-state index contributed by atoms with van der Waals surface area (Å²) in [6.07, 6.45) is 6.06. The van der Waals surface area contributed by atoms with Gasteiger partial charge in [-0.15, -0.1) is 0 Å². The summed E-state index contributed by atoms with van der Waals surface area (Å²) in [5.74, 6) is 0.347. The number of nitrogens with zero attached hydrogens (tertiary/aromatic N) is 4.